The molecule has 0 radical (unpaired) electrons. The number of nitrogens with one attached hydrogen (secondary N) is 1. The zero-order valence-corrected chi connectivity index (χ0v) is 18.1. The minimum Gasteiger partial charge on any atom is -0.320 e. The molecular weight excluding hydrogens is 420 g/mol. The molecule has 0 aliphatic carbocycles. The van der Waals surface area contributed by atoms with Crippen LogP contribution < -0.4 is 5.32 Å². The van der Waals surface area contributed by atoms with Crippen LogP contribution in [0.25, 0.3) is 0 Å². The van der Waals surface area contributed by atoms with E-state index < -0.39 is 10.0 Å². The van der Waals surface area contributed by atoms with Gasteiger partial charge < -0.3 is 5.32 Å². The fourth-order valence-electron chi connectivity index (χ4n) is 3.42. The van der Waals surface area contributed by atoms with Crippen molar-refractivity contribution in [1.29, 1.82) is 0 Å². The highest BCUT2D eigenvalue weighted by molar-refractivity contribution is 7.89. The van der Waals surface area contributed by atoms with Crippen molar-refractivity contribution in [3.8, 4) is 0 Å². The molecule has 0 unspecified atom stereocenters. The smallest absolute Gasteiger partial charge is 0.286 e. The van der Waals surface area contributed by atoms with Crippen molar-refractivity contribution in [3.63, 3.8) is 0 Å². The van der Waals surface area contributed by atoms with Gasteiger partial charge in [0.05, 0.1) is 4.90 Å². The number of aromatic nitrogens is 2. The summed E-state index contributed by atoms with van der Waals surface area (Å²) < 4.78 is 27.6. The third kappa shape index (κ3) is 4.43. The number of carbonyl (C=O) groups is 1. The van der Waals surface area contributed by atoms with Gasteiger partial charge in [-0.05, 0) is 44.0 Å². The van der Waals surface area contributed by atoms with Gasteiger partial charge in [0.25, 0.3) is 5.91 Å². The minimum atomic E-state index is -3.56. The second-order valence-electron chi connectivity index (χ2n) is 7.28. The highest BCUT2D eigenvalue weighted by atomic mass is 32.2. The molecule has 1 aliphatic rings. The molecule has 0 bridgehead atoms. The normalized spacial score (nSPS) is 17.6. The zero-order chi connectivity index (χ0) is 21.1. The van der Waals surface area contributed by atoms with E-state index in [1.807, 2.05) is 25.1 Å². The number of hydrogen-bond acceptors (Lipinski definition) is 6. The molecule has 1 atom stereocenters. The van der Waals surface area contributed by atoms with E-state index in [4.69, 9.17) is 0 Å². The molecule has 1 aliphatic heterocycles. The largest absolute Gasteiger partial charge is 0.320 e. The summed E-state index contributed by atoms with van der Waals surface area (Å²) in [5.74, 6) is -0.389. The monoisotopic (exact) mass is 442 g/mol. The highest BCUT2D eigenvalue weighted by Crippen LogP contribution is 2.32. The van der Waals surface area contributed by atoms with Gasteiger partial charge in [0.2, 0.25) is 15.0 Å². The van der Waals surface area contributed by atoms with Crippen molar-refractivity contribution in [2.75, 3.05) is 18.4 Å². The molecule has 4 rings (SSSR count). The molecule has 0 spiro atoms. The van der Waals surface area contributed by atoms with Gasteiger partial charge in [-0.25, -0.2) is 8.42 Å². The van der Waals surface area contributed by atoms with Crippen molar-refractivity contribution in [2.24, 2.45) is 0 Å². The number of piperidine rings is 1. The Hall–Kier alpha value is -2.62. The predicted octanol–water partition coefficient (Wildman–Crippen LogP) is 3.67. The number of para-hydroxylation sites is 1. The second kappa shape index (κ2) is 8.63. The third-order valence-electron chi connectivity index (χ3n) is 5.06. The van der Waals surface area contributed by atoms with Gasteiger partial charge in [-0.15, -0.1) is 10.2 Å². The van der Waals surface area contributed by atoms with Crippen LogP contribution in [0.2, 0.25) is 0 Å². The summed E-state index contributed by atoms with van der Waals surface area (Å²) in [5, 5.41) is 12.0. The van der Waals surface area contributed by atoms with Crippen LogP contribution in [0.3, 0.4) is 0 Å². The molecule has 3 aromatic rings. The average Bonchev–Trinajstić information content (AvgIpc) is 3.25. The summed E-state index contributed by atoms with van der Waals surface area (Å²) in [4.78, 5) is 12.7. The van der Waals surface area contributed by atoms with Crippen LogP contribution in [-0.2, 0) is 10.0 Å². The summed E-state index contributed by atoms with van der Waals surface area (Å²) >= 11 is 1.22. The molecular formula is C21H22N4O3S2. The number of carbonyl (C=O) groups excluding carboxylic acids is 1. The lowest BCUT2D eigenvalue weighted by molar-refractivity contribution is 0.102. The SMILES string of the molecule is Cc1ccc(S(=O)(=O)N2CCC[C@@H](c3nnc(C(=O)Nc4ccccc4)s3)C2)cc1. The maximum atomic E-state index is 13.0. The number of hydrogen-bond donors (Lipinski definition) is 1. The fraction of sp³-hybridized carbons (Fsp3) is 0.286. The quantitative estimate of drug-likeness (QED) is 0.651. The highest BCUT2D eigenvalue weighted by Gasteiger charge is 2.32. The third-order valence-corrected chi connectivity index (χ3v) is 8.02. The number of benzene rings is 2. The molecule has 2 heterocycles. The molecule has 1 amide bonds. The molecule has 156 valence electrons. The van der Waals surface area contributed by atoms with Crippen LogP contribution in [0.4, 0.5) is 5.69 Å². The van der Waals surface area contributed by atoms with Gasteiger partial charge in [0.15, 0.2) is 0 Å². The van der Waals surface area contributed by atoms with Crippen molar-refractivity contribution in [1.82, 2.24) is 14.5 Å². The van der Waals surface area contributed by atoms with Crippen LogP contribution in [0, 0.1) is 6.92 Å². The number of rotatable bonds is 5. The van der Waals surface area contributed by atoms with Gasteiger partial charge >= 0.3 is 0 Å². The van der Waals surface area contributed by atoms with Crippen molar-refractivity contribution >= 4 is 33.0 Å². The maximum Gasteiger partial charge on any atom is 0.286 e. The molecule has 1 fully saturated rings. The van der Waals surface area contributed by atoms with Gasteiger partial charge in [0.1, 0.15) is 5.01 Å². The average molecular weight is 443 g/mol. The van der Waals surface area contributed by atoms with Crippen LogP contribution in [0.5, 0.6) is 0 Å². The standard InChI is InChI=1S/C21H22N4O3S2/c1-15-9-11-18(12-10-15)30(27,28)25-13-5-6-16(14-25)20-23-24-21(29-20)19(26)22-17-7-3-2-4-8-17/h2-4,7-12,16H,5-6,13-14H2,1H3,(H,22,26)/t16-/m1/s1. The molecule has 1 N–H and O–H groups in total. The first-order chi connectivity index (χ1) is 14.4. The Labute approximate surface area is 179 Å². The Morgan fingerprint density at radius 2 is 1.83 bits per heavy atom. The first kappa shape index (κ1) is 20.6. The Balaban J connectivity index is 1.47. The zero-order valence-electron chi connectivity index (χ0n) is 16.5. The van der Waals surface area contributed by atoms with Crippen LogP contribution in [-0.4, -0.2) is 41.9 Å². The minimum absolute atomic E-state index is 0.0743. The van der Waals surface area contributed by atoms with Crippen LogP contribution >= 0.6 is 11.3 Å². The van der Waals surface area contributed by atoms with E-state index >= 15 is 0 Å². The number of nitrogens with zero attached hydrogens (tertiary/aromatic N) is 3. The first-order valence-electron chi connectivity index (χ1n) is 9.70. The van der Waals surface area contributed by atoms with E-state index in [2.05, 4.69) is 15.5 Å². The van der Waals surface area contributed by atoms with Crippen molar-refractivity contribution in [3.05, 3.63) is 70.2 Å². The summed E-state index contributed by atoms with van der Waals surface area (Å²) in [6, 6.07) is 16.0. The van der Waals surface area contributed by atoms with Crippen molar-refractivity contribution < 1.29 is 13.2 Å². The number of sulfonamides is 1. The Bertz CT molecular complexity index is 1130. The summed E-state index contributed by atoms with van der Waals surface area (Å²) in [5.41, 5.74) is 1.70. The molecule has 1 saturated heterocycles. The van der Waals surface area contributed by atoms with E-state index in [9.17, 15) is 13.2 Å². The molecule has 9 heteroatoms. The molecule has 2 aromatic carbocycles. The molecule has 0 saturated carbocycles. The lowest BCUT2D eigenvalue weighted by Crippen LogP contribution is -2.39. The number of amides is 1. The summed E-state index contributed by atoms with van der Waals surface area (Å²) in [6.45, 7) is 2.74. The summed E-state index contributed by atoms with van der Waals surface area (Å²) in [6.07, 6.45) is 1.55. The Morgan fingerprint density at radius 3 is 2.57 bits per heavy atom. The first-order valence-corrected chi connectivity index (χ1v) is 12.0. The van der Waals surface area contributed by atoms with E-state index in [0.29, 0.717) is 28.7 Å². The Kier molecular flexibility index (Phi) is 5.94. The van der Waals surface area contributed by atoms with Gasteiger partial charge in [-0.3, -0.25) is 4.79 Å². The molecule has 30 heavy (non-hydrogen) atoms. The predicted molar refractivity (Wildman–Crippen MR) is 116 cm³/mol. The summed E-state index contributed by atoms with van der Waals surface area (Å²) in [7, 11) is -3.56. The van der Waals surface area contributed by atoms with E-state index in [1.165, 1.54) is 15.6 Å². The lowest BCUT2D eigenvalue weighted by Gasteiger charge is -2.30. The van der Waals surface area contributed by atoms with E-state index in [1.54, 1.807) is 36.4 Å². The van der Waals surface area contributed by atoms with Gasteiger partial charge in [0, 0.05) is 24.7 Å². The topological polar surface area (TPSA) is 92.3 Å². The maximum absolute atomic E-state index is 13.0. The molecule has 1 aromatic heterocycles. The molecule has 7 nitrogen and oxygen atoms in total. The Morgan fingerprint density at radius 1 is 1.10 bits per heavy atom. The fourth-order valence-corrected chi connectivity index (χ4v) is 5.81. The second-order valence-corrected chi connectivity index (χ2v) is 10.2. The number of aryl methyl sites for hydroxylation is 1. The van der Waals surface area contributed by atoms with E-state index in [-0.39, 0.29) is 16.8 Å². The number of anilines is 1. The van der Waals surface area contributed by atoms with Crippen molar-refractivity contribution in [2.45, 2.75) is 30.6 Å². The van der Waals surface area contributed by atoms with E-state index in [0.717, 1.165) is 18.4 Å². The van der Waals surface area contributed by atoms with Crippen LogP contribution in [0.1, 0.15) is 39.1 Å². The lowest BCUT2D eigenvalue weighted by atomic mass is 10.0. The van der Waals surface area contributed by atoms with Gasteiger partial charge in [-0.2, -0.15) is 4.31 Å². The van der Waals surface area contributed by atoms with Crippen LogP contribution in [0.15, 0.2) is 59.5 Å². The van der Waals surface area contributed by atoms with Gasteiger partial charge in [-0.1, -0.05) is 47.2 Å².